The Bertz CT molecular complexity index is 673. The van der Waals surface area contributed by atoms with Gasteiger partial charge in [-0.3, -0.25) is 4.98 Å². The van der Waals surface area contributed by atoms with E-state index < -0.39 is 5.97 Å². The first-order chi connectivity index (χ1) is 9.54. The van der Waals surface area contributed by atoms with Crippen LogP contribution in [0.3, 0.4) is 0 Å². The molecule has 0 amide bonds. The van der Waals surface area contributed by atoms with Crippen molar-refractivity contribution in [2.24, 2.45) is 0 Å². The zero-order valence-electron chi connectivity index (χ0n) is 10.1. The summed E-state index contributed by atoms with van der Waals surface area (Å²) in [6.07, 6.45) is 5.67. The molecule has 0 saturated heterocycles. The van der Waals surface area contributed by atoms with Crippen molar-refractivity contribution in [3.63, 3.8) is 0 Å². The fraction of sp³-hybridized carbons (Fsp3) is 0. The van der Waals surface area contributed by atoms with Gasteiger partial charge in [-0.2, -0.15) is 0 Å². The molecule has 4 nitrogen and oxygen atoms in total. The molecule has 0 radical (unpaired) electrons. The summed E-state index contributed by atoms with van der Waals surface area (Å²) in [6.45, 7) is 0. The smallest absolute Gasteiger partial charge is 0.328 e. The van der Waals surface area contributed by atoms with E-state index in [2.05, 4.69) is 20.9 Å². The maximum atomic E-state index is 10.6. The number of nitrogens with zero attached hydrogens (tertiary/aromatic N) is 1. The number of pyridine rings is 1. The van der Waals surface area contributed by atoms with Crippen molar-refractivity contribution in [3.05, 3.63) is 57.8 Å². The number of aromatic nitrogens is 1. The van der Waals surface area contributed by atoms with E-state index in [0.717, 1.165) is 10.5 Å². The maximum Gasteiger partial charge on any atom is 0.328 e. The monoisotopic (exact) mass is 353 g/mol. The highest BCUT2D eigenvalue weighted by Gasteiger charge is 2.05. The van der Waals surface area contributed by atoms with Crippen LogP contribution >= 0.6 is 27.5 Å². The van der Waals surface area contributed by atoms with E-state index in [-0.39, 0.29) is 0 Å². The Morgan fingerprint density at radius 3 is 2.85 bits per heavy atom. The van der Waals surface area contributed by atoms with E-state index in [1.807, 2.05) is 0 Å². The summed E-state index contributed by atoms with van der Waals surface area (Å²) in [7, 11) is 0. The number of hydrogen-bond acceptors (Lipinski definition) is 3. The number of aliphatic carboxylic acids is 1. The first-order valence-electron chi connectivity index (χ1n) is 5.53. The molecule has 0 bridgehead atoms. The van der Waals surface area contributed by atoms with Gasteiger partial charge in [0.25, 0.3) is 0 Å². The van der Waals surface area contributed by atoms with Gasteiger partial charge in [0.1, 0.15) is 11.5 Å². The second-order valence-corrected chi connectivity index (χ2v) is 5.15. The molecule has 0 spiro atoms. The van der Waals surface area contributed by atoms with Gasteiger partial charge in [0, 0.05) is 33.4 Å². The standard InChI is InChI=1S/C14H9BrClNO3/c15-10-5-12(8-17-7-10)20-13-6-11(16)3-1-9(13)2-4-14(18)19/h1-8H,(H,18,19)/b4-2+. The van der Waals surface area contributed by atoms with Crippen LogP contribution in [-0.2, 0) is 4.79 Å². The summed E-state index contributed by atoms with van der Waals surface area (Å²) in [5.41, 5.74) is 0.608. The topological polar surface area (TPSA) is 59.4 Å². The number of carbonyl (C=O) groups is 1. The molecule has 0 aliphatic carbocycles. The molecule has 102 valence electrons. The third-order valence-electron chi connectivity index (χ3n) is 2.29. The molecule has 2 aromatic rings. The molecular weight excluding hydrogens is 346 g/mol. The number of rotatable bonds is 4. The number of ether oxygens (including phenoxy) is 1. The molecule has 0 saturated carbocycles. The van der Waals surface area contributed by atoms with E-state index in [1.165, 1.54) is 6.08 Å². The lowest BCUT2D eigenvalue weighted by molar-refractivity contribution is -0.131. The number of halogens is 2. The predicted molar refractivity (Wildman–Crippen MR) is 80.1 cm³/mol. The number of carboxylic acid groups (broad SMARTS) is 1. The summed E-state index contributed by atoms with van der Waals surface area (Å²) < 4.78 is 6.46. The van der Waals surface area contributed by atoms with Crippen molar-refractivity contribution in [3.8, 4) is 11.5 Å². The second-order valence-electron chi connectivity index (χ2n) is 3.79. The van der Waals surface area contributed by atoms with Crippen LogP contribution in [0.1, 0.15) is 5.56 Å². The third-order valence-corrected chi connectivity index (χ3v) is 2.96. The lowest BCUT2D eigenvalue weighted by atomic mass is 10.2. The molecular formula is C14H9BrClNO3. The average Bonchev–Trinajstić information content (AvgIpc) is 2.37. The summed E-state index contributed by atoms with van der Waals surface area (Å²) in [4.78, 5) is 14.6. The fourth-order valence-electron chi connectivity index (χ4n) is 1.47. The average molecular weight is 355 g/mol. The zero-order valence-corrected chi connectivity index (χ0v) is 12.4. The molecule has 1 aromatic heterocycles. The van der Waals surface area contributed by atoms with Crippen LogP contribution in [0.4, 0.5) is 0 Å². The SMILES string of the molecule is O=C(O)/C=C/c1ccc(Cl)cc1Oc1cncc(Br)c1. The van der Waals surface area contributed by atoms with Crippen molar-refractivity contribution in [1.29, 1.82) is 0 Å². The van der Waals surface area contributed by atoms with Crippen molar-refractivity contribution in [1.82, 2.24) is 4.98 Å². The van der Waals surface area contributed by atoms with Crippen LogP contribution in [-0.4, -0.2) is 16.1 Å². The van der Waals surface area contributed by atoms with Gasteiger partial charge < -0.3 is 9.84 Å². The lowest BCUT2D eigenvalue weighted by Crippen LogP contribution is -1.90. The lowest BCUT2D eigenvalue weighted by Gasteiger charge is -2.09. The maximum absolute atomic E-state index is 10.6. The van der Waals surface area contributed by atoms with E-state index in [1.54, 1.807) is 36.7 Å². The zero-order chi connectivity index (χ0) is 14.5. The summed E-state index contributed by atoms with van der Waals surface area (Å²) in [6, 6.07) is 6.71. The van der Waals surface area contributed by atoms with E-state index >= 15 is 0 Å². The molecule has 0 unspecified atom stereocenters. The van der Waals surface area contributed by atoms with Crippen molar-refractivity contribution in [2.45, 2.75) is 0 Å². The normalized spacial score (nSPS) is 10.7. The predicted octanol–water partition coefficient (Wildman–Crippen LogP) is 4.39. The Labute approximate surface area is 128 Å². The summed E-state index contributed by atoms with van der Waals surface area (Å²) in [5.74, 6) is -0.0588. The number of benzene rings is 1. The van der Waals surface area contributed by atoms with Gasteiger partial charge in [-0.1, -0.05) is 11.6 Å². The Morgan fingerprint density at radius 1 is 1.35 bits per heavy atom. The second kappa shape index (κ2) is 6.54. The molecule has 0 fully saturated rings. The Morgan fingerprint density at radius 2 is 2.15 bits per heavy atom. The molecule has 0 atom stereocenters. The van der Waals surface area contributed by atoms with Gasteiger partial charge in [0.05, 0.1) is 6.20 Å². The minimum absolute atomic E-state index is 0.454. The van der Waals surface area contributed by atoms with E-state index in [0.29, 0.717) is 22.1 Å². The molecule has 6 heteroatoms. The summed E-state index contributed by atoms with van der Waals surface area (Å²) >= 11 is 9.23. The van der Waals surface area contributed by atoms with Crippen LogP contribution in [0, 0.1) is 0 Å². The Kier molecular flexibility index (Phi) is 4.76. The number of hydrogen-bond donors (Lipinski definition) is 1. The summed E-state index contributed by atoms with van der Waals surface area (Å²) in [5, 5.41) is 9.17. The van der Waals surface area contributed by atoms with Gasteiger partial charge >= 0.3 is 5.97 Å². The Hall–Kier alpha value is -1.85. The molecule has 1 heterocycles. The largest absolute Gasteiger partial charge is 0.478 e. The van der Waals surface area contributed by atoms with Crippen LogP contribution in [0.25, 0.3) is 6.08 Å². The molecule has 1 N–H and O–H groups in total. The minimum atomic E-state index is -1.03. The van der Waals surface area contributed by atoms with Gasteiger partial charge in [0.2, 0.25) is 0 Å². The Balaban J connectivity index is 2.34. The van der Waals surface area contributed by atoms with Crippen LogP contribution in [0.5, 0.6) is 11.5 Å². The quantitative estimate of drug-likeness (QED) is 0.827. The van der Waals surface area contributed by atoms with Crippen LogP contribution < -0.4 is 4.74 Å². The van der Waals surface area contributed by atoms with Crippen LogP contribution in [0.15, 0.2) is 47.2 Å². The van der Waals surface area contributed by atoms with Crippen molar-refractivity contribution < 1.29 is 14.6 Å². The van der Waals surface area contributed by atoms with Gasteiger partial charge in [-0.05, 0) is 40.2 Å². The van der Waals surface area contributed by atoms with Crippen molar-refractivity contribution in [2.75, 3.05) is 0 Å². The first-order valence-corrected chi connectivity index (χ1v) is 6.70. The fourth-order valence-corrected chi connectivity index (χ4v) is 1.98. The molecule has 0 aliphatic rings. The first kappa shape index (κ1) is 14.6. The molecule has 2 rings (SSSR count). The third kappa shape index (κ3) is 4.08. The highest BCUT2D eigenvalue weighted by molar-refractivity contribution is 9.10. The molecule has 20 heavy (non-hydrogen) atoms. The minimum Gasteiger partial charge on any atom is -0.478 e. The van der Waals surface area contributed by atoms with Crippen molar-refractivity contribution >= 4 is 39.6 Å². The van der Waals surface area contributed by atoms with Crippen LogP contribution in [0.2, 0.25) is 5.02 Å². The van der Waals surface area contributed by atoms with E-state index in [4.69, 9.17) is 21.4 Å². The van der Waals surface area contributed by atoms with Gasteiger partial charge in [-0.25, -0.2) is 4.79 Å². The van der Waals surface area contributed by atoms with Gasteiger partial charge in [-0.15, -0.1) is 0 Å². The highest BCUT2D eigenvalue weighted by Crippen LogP contribution is 2.30. The highest BCUT2D eigenvalue weighted by atomic mass is 79.9. The number of carboxylic acids is 1. The van der Waals surface area contributed by atoms with E-state index in [9.17, 15) is 4.79 Å². The molecule has 0 aliphatic heterocycles. The van der Waals surface area contributed by atoms with Gasteiger partial charge in [0.15, 0.2) is 0 Å². The molecule has 1 aromatic carbocycles.